The van der Waals surface area contributed by atoms with Gasteiger partial charge in [0.25, 0.3) is 0 Å². The quantitative estimate of drug-likeness (QED) is 0.787. The minimum Gasteiger partial charge on any atom is -0.367 e. The second-order valence-corrected chi connectivity index (χ2v) is 5.12. The van der Waals surface area contributed by atoms with Gasteiger partial charge in [-0.15, -0.1) is 0 Å². The SMILES string of the molecule is CN1CCN(c2cnnc3ccc(Cl)cc23)CC1. The Bertz CT molecular complexity index is 564. The Morgan fingerprint density at radius 1 is 1.17 bits per heavy atom. The monoisotopic (exact) mass is 262 g/mol. The van der Waals surface area contributed by atoms with Gasteiger partial charge < -0.3 is 9.80 Å². The number of halogens is 1. The summed E-state index contributed by atoms with van der Waals surface area (Å²) >= 11 is 6.08. The summed E-state index contributed by atoms with van der Waals surface area (Å²) in [7, 11) is 2.15. The number of hydrogen-bond donors (Lipinski definition) is 0. The van der Waals surface area contributed by atoms with E-state index in [1.807, 2.05) is 24.4 Å². The van der Waals surface area contributed by atoms with Crippen LogP contribution in [0.5, 0.6) is 0 Å². The van der Waals surface area contributed by atoms with Crippen LogP contribution in [-0.4, -0.2) is 48.3 Å². The first-order chi connectivity index (χ1) is 8.74. The zero-order valence-corrected chi connectivity index (χ0v) is 11.1. The van der Waals surface area contributed by atoms with Crippen LogP contribution in [0.2, 0.25) is 5.02 Å². The van der Waals surface area contributed by atoms with E-state index >= 15 is 0 Å². The Kier molecular flexibility index (Phi) is 3.06. The third kappa shape index (κ3) is 2.13. The van der Waals surface area contributed by atoms with Crippen molar-refractivity contribution in [2.45, 2.75) is 0 Å². The summed E-state index contributed by atoms with van der Waals surface area (Å²) < 4.78 is 0. The molecule has 4 nitrogen and oxygen atoms in total. The highest BCUT2D eigenvalue weighted by Crippen LogP contribution is 2.27. The number of nitrogens with zero attached hydrogens (tertiary/aromatic N) is 4. The maximum absolute atomic E-state index is 6.08. The molecule has 0 saturated carbocycles. The summed E-state index contributed by atoms with van der Waals surface area (Å²) in [6, 6.07) is 5.75. The van der Waals surface area contributed by atoms with Gasteiger partial charge in [0, 0.05) is 36.6 Å². The van der Waals surface area contributed by atoms with E-state index in [-0.39, 0.29) is 0 Å². The molecule has 1 aromatic carbocycles. The number of piperazine rings is 1. The van der Waals surface area contributed by atoms with E-state index in [0.717, 1.165) is 47.8 Å². The number of fused-ring (bicyclic) bond motifs is 1. The van der Waals surface area contributed by atoms with E-state index in [9.17, 15) is 0 Å². The average Bonchev–Trinajstić information content (AvgIpc) is 2.39. The molecule has 0 spiro atoms. The van der Waals surface area contributed by atoms with Gasteiger partial charge in [-0.2, -0.15) is 10.2 Å². The molecular weight excluding hydrogens is 248 g/mol. The molecule has 3 rings (SSSR count). The molecule has 0 atom stereocenters. The van der Waals surface area contributed by atoms with Crippen LogP contribution >= 0.6 is 11.6 Å². The summed E-state index contributed by atoms with van der Waals surface area (Å²) in [5, 5.41) is 10.1. The highest BCUT2D eigenvalue weighted by atomic mass is 35.5. The lowest BCUT2D eigenvalue weighted by Gasteiger charge is -2.34. The molecule has 18 heavy (non-hydrogen) atoms. The number of benzene rings is 1. The van der Waals surface area contributed by atoms with Crippen molar-refractivity contribution in [1.29, 1.82) is 0 Å². The van der Waals surface area contributed by atoms with Crippen molar-refractivity contribution in [3.63, 3.8) is 0 Å². The number of rotatable bonds is 1. The van der Waals surface area contributed by atoms with Gasteiger partial charge in [0.05, 0.1) is 17.4 Å². The van der Waals surface area contributed by atoms with Crippen molar-refractivity contribution < 1.29 is 0 Å². The summed E-state index contributed by atoms with van der Waals surface area (Å²) in [5.74, 6) is 0. The molecular formula is C13H15ClN4. The van der Waals surface area contributed by atoms with Crippen LogP contribution in [0.15, 0.2) is 24.4 Å². The van der Waals surface area contributed by atoms with Gasteiger partial charge in [-0.05, 0) is 25.2 Å². The standard InChI is InChI=1S/C13H15ClN4/c1-17-4-6-18(7-5-17)13-9-15-16-12-3-2-10(14)8-11(12)13/h2-3,8-9H,4-7H2,1H3. The molecule has 0 N–H and O–H groups in total. The second kappa shape index (κ2) is 4.71. The fourth-order valence-corrected chi connectivity index (χ4v) is 2.49. The lowest BCUT2D eigenvalue weighted by Crippen LogP contribution is -2.44. The van der Waals surface area contributed by atoms with Crippen molar-refractivity contribution in [3.8, 4) is 0 Å². The molecule has 0 radical (unpaired) electrons. The zero-order chi connectivity index (χ0) is 12.5. The Hall–Kier alpha value is -1.39. The van der Waals surface area contributed by atoms with Gasteiger partial charge in [0.1, 0.15) is 0 Å². The van der Waals surface area contributed by atoms with Crippen LogP contribution in [0.3, 0.4) is 0 Å². The van der Waals surface area contributed by atoms with E-state index in [4.69, 9.17) is 11.6 Å². The van der Waals surface area contributed by atoms with E-state index in [2.05, 4.69) is 27.0 Å². The fraction of sp³-hybridized carbons (Fsp3) is 0.385. The minimum absolute atomic E-state index is 0.742. The topological polar surface area (TPSA) is 32.3 Å². The lowest BCUT2D eigenvalue weighted by atomic mass is 10.2. The highest BCUT2D eigenvalue weighted by Gasteiger charge is 2.17. The van der Waals surface area contributed by atoms with E-state index in [1.54, 1.807) is 0 Å². The highest BCUT2D eigenvalue weighted by molar-refractivity contribution is 6.31. The number of likely N-dealkylation sites (N-methyl/N-ethyl adjacent to an activating group) is 1. The first kappa shape index (κ1) is 11.7. The van der Waals surface area contributed by atoms with Gasteiger partial charge in [-0.3, -0.25) is 0 Å². The summed E-state index contributed by atoms with van der Waals surface area (Å²) in [6.45, 7) is 4.18. The average molecular weight is 263 g/mol. The maximum atomic E-state index is 6.08. The molecule has 1 aliphatic rings. The Balaban J connectivity index is 2.03. The molecule has 0 bridgehead atoms. The Morgan fingerprint density at radius 2 is 1.94 bits per heavy atom. The second-order valence-electron chi connectivity index (χ2n) is 4.68. The van der Waals surface area contributed by atoms with E-state index in [1.165, 1.54) is 0 Å². The summed E-state index contributed by atoms with van der Waals surface area (Å²) in [6.07, 6.45) is 1.84. The molecule has 0 aliphatic carbocycles. The van der Waals surface area contributed by atoms with Crippen molar-refractivity contribution in [2.24, 2.45) is 0 Å². The van der Waals surface area contributed by atoms with Crippen LogP contribution in [-0.2, 0) is 0 Å². The molecule has 0 unspecified atom stereocenters. The number of hydrogen-bond acceptors (Lipinski definition) is 4. The van der Waals surface area contributed by atoms with Crippen molar-refractivity contribution in [1.82, 2.24) is 15.1 Å². The van der Waals surface area contributed by atoms with Crippen molar-refractivity contribution in [2.75, 3.05) is 38.1 Å². The molecule has 1 fully saturated rings. The molecule has 5 heteroatoms. The molecule has 1 saturated heterocycles. The van der Waals surface area contributed by atoms with Crippen LogP contribution in [0.1, 0.15) is 0 Å². The van der Waals surface area contributed by atoms with Crippen LogP contribution in [0.25, 0.3) is 10.9 Å². The third-order valence-electron chi connectivity index (χ3n) is 3.42. The van der Waals surface area contributed by atoms with Gasteiger partial charge in [0.15, 0.2) is 0 Å². The first-order valence-corrected chi connectivity index (χ1v) is 6.46. The molecule has 94 valence electrons. The minimum atomic E-state index is 0.742. The van der Waals surface area contributed by atoms with Crippen LogP contribution in [0, 0.1) is 0 Å². The summed E-state index contributed by atoms with van der Waals surface area (Å²) in [5.41, 5.74) is 2.03. The van der Waals surface area contributed by atoms with Gasteiger partial charge in [-0.1, -0.05) is 11.6 Å². The van der Waals surface area contributed by atoms with Crippen LogP contribution in [0.4, 0.5) is 5.69 Å². The molecule has 1 aromatic heterocycles. The normalized spacial score (nSPS) is 17.3. The van der Waals surface area contributed by atoms with Gasteiger partial charge >= 0.3 is 0 Å². The largest absolute Gasteiger partial charge is 0.367 e. The van der Waals surface area contributed by atoms with Gasteiger partial charge in [-0.25, -0.2) is 0 Å². The third-order valence-corrected chi connectivity index (χ3v) is 3.66. The first-order valence-electron chi connectivity index (χ1n) is 6.08. The summed E-state index contributed by atoms with van der Waals surface area (Å²) in [4.78, 5) is 4.69. The smallest absolute Gasteiger partial charge is 0.0951 e. The predicted molar refractivity (Wildman–Crippen MR) is 74.3 cm³/mol. The number of aromatic nitrogens is 2. The molecule has 1 aliphatic heterocycles. The number of anilines is 1. The predicted octanol–water partition coefficient (Wildman–Crippen LogP) is 2.04. The van der Waals surface area contributed by atoms with Crippen LogP contribution < -0.4 is 4.90 Å². The molecule has 2 heterocycles. The van der Waals surface area contributed by atoms with E-state index < -0.39 is 0 Å². The fourth-order valence-electron chi connectivity index (χ4n) is 2.32. The Morgan fingerprint density at radius 3 is 2.72 bits per heavy atom. The van der Waals surface area contributed by atoms with Crippen molar-refractivity contribution >= 4 is 28.2 Å². The molecule has 0 amide bonds. The molecule has 2 aromatic rings. The van der Waals surface area contributed by atoms with Crippen molar-refractivity contribution in [3.05, 3.63) is 29.4 Å². The zero-order valence-electron chi connectivity index (χ0n) is 10.3. The van der Waals surface area contributed by atoms with E-state index in [0.29, 0.717) is 0 Å². The van der Waals surface area contributed by atoms with Gasteiger partial charge in [0.2, 0.25) is 0 Å². The Labute approximate surface area is 111 Å². The lowest BCUT2D eigenvalue weighted by molar-refractivity contribution is 0.313. The maximum Gasteiger partial charge on any atom is 0.0951 e.